The van der Waals surface area contributed by atoms with Crippen molar-refractivity contribution in [3.8, 4) is 0 Å². The molecule has 2 aliphatic rings. The molecule has 0 aromatic carbocycles. The van der Waals surface area contributed by atoms with Crippen LogP contribution in [0.1, 0.15) is 20.3 Å². The van der Waals surface area contributed by atoms with Crippen LogP contribution in [-0.2, 0) is 14.3 Å². The molecular weight excluding hydrogens is 210 g/mol. The SMILES string of the molecule is CC1(C)CN(C(=O)C2CC2C(=O)O)CCO1. The fourth-order valence-electron chi connectivity index (χ4n) is 2.18. The molecule has 2 atom stereocenters. The van der Waals surface area contributed by atoms with Gasteiger partial charge in [-0.2, -0.15) is 0 Å². The minimum Gasteiger partial charge on any atom is -0.481 e. The molecule has 1 saturated carbocycles. The van der Waals surface area contributed by atoms with E-state index in [1.807, 2.05) is 13.8 Å². The summed E-state index contributed by atoms with van der Waals surface area (Å²) in [6, 6.07) is 0. The van der Waals surface area contributed by atoms with Crippen molar-refractivity contribution in [3.63, 3.8) is 0 Å². The Balaban J connectivity index is 1.93. The lowest BCUT2D eigenvalue weighted by molar-refractivity contribution is -0.149. The van der Waals surface area contributed by atoms with E-state index in [0.29, 0.717) is 26.1 Å². The topological polar surface area (TPSA) is 66.8 Å². The molecule has 16 heavy (non-hydrogen) atoms. The van der Waals surface area contributed by atoms with Crippen LogP contribution >= 0.6 is 0 Å². The van der Waals surface area contributed by atoms with Crippen molar-refractivity contribution < 1.29 is 19.4 Å². The van der Waals surface area contributed by atoms with E-state index >= 15 is 0 Å². The normalized spacial score (nSPS) is 32.2. The number of morpholine rings is 1. The minimum atomic E-state index is -0.856. The van der Waals surface area contributed by atoms with Gasteiger partial charge in [-0.3, -0.25) is 9.59 Å². The number of carbonyl (C=O) groups excluding carboxylic acids is 1. The van der Waals surface area contributed by atoms with Gasteiger partial charge in [0.2, 0.25) is 5.91 Å². The lowest BCUT2D eigenvalue weighted by Crippen LogP contribution is -2.51. The van der Waals surface area contributed by atoms with Gasteiger partial charge in [0, 0.05) is 13.1 Å². The summed E-state index contributed by atoms with van der Waals surface area (Å²) < 4.78 is 5.51. The molecule has 5 heteroatoms. The van der Waals surface area contributed by atoms with Crippen molar-refractivity contribution in [1.29, 1.82) is 0 Å². The van der Waals surface area contributed by atoms with Gasteiger partial charge >= 0.3 is 5.97 Å². The molecule has 1 heterocycles. The summed E-state index contributed by atoms with van der Waals surface area (Å²) in [6.45, 7) is 5.53. The average molecular weight is 227 g/mol. The van der Waals surface area contributed by atoms with Gasteiger partial charge in [-0.15, -0.1) is 0 Å². The highest BCUT2D eigenvalue weighted by atomic mass is 16.5. The summed E-state index contributed by atoms with van der Waals surface area (Å²) >= 11 is 0. The predicted octanol–water partition coefficient (Wildman–Crippen LogP) is 0.344. The highest BCUT2D eigenvalue weighted by Gasteiger charge is 2.50. The van der Waals surface area contributed by atoms with E-state index in [2.05, 4.69) is 0 Å². The molecule has 0 aromatic rings. The molecule has 1 N–H and O–H groups in total. The van der Waals surface area contributed by atoms with Gasteiger partial charge in [-0.1, -0.05) is 0 Å². The van der Waals surface area contributed by atoms with Gasteiger partial charge < -0.3 is 14.7 Å². The van der Waals surface area contributed by atoms with Crippen LogP contribution in [0.3, 0.4) is 0 Å². The van der Waals surface area contributed by atoms with Crippen molar-refractivity contribution >= 4 is 11.9 Å². The number of carboxylic acids is 1. The zero-order valence-electron chi connectivity index (χ0n) is 9.60. The summed E-state index contributed by atoms with van der Waals surface area (Å²) in [7, 11) is 0. The summed E-state index contributed by atoms with van der Waals surface area (Å²) in [5, 5.41) is 8.78. The molecule has 5 nitrogen and oxygen atoms in total. The van der Waals surface area contributed by atoms with Gasteiger partial charge in [-0.05, 0) is 20.3 Å². The molecule has 2 unspecified atom stereocenters. The number of carboxylic acid groups (broad SMARTS) is 1. The second-order valence-electron chi connectivity index (χ2n) is 5.15. The van der Waals surface area contributed by atoms with Gasteiger partial charge in [0.1, 0.15) is 0 Å². The summed E-state index contributed by atoms with van der Waals surface area (Å²) in [5.41, 5.74) is -0.318. The van der Waals surface area contributed by atoms with Crippen LogP contribution < -0.4 is 0 Å². The number of hydrogen-bond acceptors (Lipinski definition) is 3. The largest absolute Gasteiger partial charge is 0.481 e. The number of aliphatic carboxylic acids is 1. The predicted molar refractivity (Wildman–Crippen MR) is 55.8 cm³/mol. The van der Waals surface area contributed by atoms with E-state index in [0.717, 1.165) is 0 Å². The van der Waals surface area contributed by atoms with Crippen LogP contribution in [-0.4, -0.2) is 47.2 Å². The van der Waals surface area contributed by atoms with Crippen molar-refractivity contribution in [2.24, 2.45) is 11.8 Å². The number of amides is 1. The summed E-state index contributed by atoms with van der Waals surface area (Å²) in [4.78, 5) is 24.4. The van der Waals surface area contributed by atoms with Crippen LogP contribution in [0.15, 0.2) is 0 Å². The van der Waals surface area contributed by atoms with E-state index in [9.17, 15) is 9.59 Å². The standard InChI is InChI=1S/C11H17NO4/c1-11(2)6-12(3-4-16-11)9(13)7-5-8(7)10(14)15/h7-8H,3-6H2,1-2H3,(H,14,15). The molecule has 2 fully saturated rings. The van der Waals surface area contributed by atoms with E-state index < -0.39 is 11.9 Å². The molecule has 1 aliphatic heterocycles. The van der Waals surface area contributed by atoms with Crippen LogP contribution in [0.2, 0.25) is 0 Å². The molecule has 0 aromatic heterocycles. The Kier molecular flexibility index (Phi) is 2.66. The molecule has 2 rings (SSSR count). The number of hydrogen-bond donors (Lipinski definition) is 1. The Morgan fingerprint density at radius 2 is 2.06 bits per heavy atom. The Hall–Kier alpha value is -1.10. The van der Waals surface area contributed by atoms with Crippen molar-refractivity contribution in [2.75, 3.05) is 19.7 Å². The van der Waals surface area contributed by atoms with Gasteiger partial charge in [-0.25, -0.2) is 0 Å². The highest BCUT2D eigenvalue weighted by Crippen LogP contribution is 2.40. The zero-order valence-corrected chi connectivity index (χ0v) is 9.60. The first-order valence-corrected chi connectivity index (χ1v) is 5.56. The first-order valence-electron chi connectivity index (χ1n) is 5.56. The fraction of sp³-hybridized carbons (Fsp3) is 0.818. The smallest absolute Gasteiger partial charge is 0.307 e. The van der Waals surface area contributed by atoms with Crippen LogP contribution in [0.4, 0.5) is 0 Å². The van der Waals surface area contributed by atoms with E-state index in [-0.39, 0.29) is 17.4 Å². The Morgan fingerprint density at radius 3 is 2.56 bits per heavy atom. The maximum atomic E-state index is 12.0. The van der Waals surface area contributed by atoms with Gasteiger partial charge in [0.25, 0.3) is 0 Å². The van der Waals surface area contributed by atoms with E-state index in [1.165, 1.54) is 0 Å². The molecule has 1 aliphatic carbocycles. The summed E-state index contributed by atoms with van der Waals surface area (Å²) in [6.07, 6.45) is 0.492. The fourth-order valence-corrected chi connectivity index (χ4v) is 2.18. The van der Waals surface area contributed by atoms with Crippen LogP contribution in [0, 0.1) is 11.8 Å². The lowest BCUT2D eigenvalue weighted by atomic mass is 10.1. The number of carbonyl (C=O) groups is 2. The first kappa shape index (κ1) is 11.4. The Morgan fingerprint density at radius 1 is 1.38 bits per heavy atom. The second-order valence-corrected chi connectivity index (χ2v) is 5.15. The van der Waals surface area contributed by atoms with Crippen molar-refractivity contribution in [3.05, 3.63) is 0 Å². The quantitative estimate of drug-likeness (QED) is 0.739. The molecule has 1 saturated heterocycles. The van der Waals surface area contributed by atoms with Gasteiger partial charge in [0.15, 0.2) is 0 Å². The number of rotatable bonds is 2. The van der Waals surface area contributed by atoms with Crippen LogP contribution in [0.5, 0.6) is 0 Å². The van der Waals surface area contributed by atoms with Crippen molar-refractivity contribution in [1.82, 2.24) is 4.90 Å². The third kappa shape index (κ3) is 2.19. The maximum absolute atomic E-state index is 12.0. The second kappa shape index (κ2) is 3.73. The molecule has 90 valence electrons. The Bertz CT molecular complexity index is 326. The molecule has 0 radical (unpaired) electrons. The highest BCUT2D eigenvalue weighted by molar-refractivity contribution is 5.89. The minimum absolute atomic E-state index is 0.0243. The van der Waals surface area contributed by atoms with E-state index in [1.54, 1.807) is 4.90 Å². The van der Waals surface area contributed by atoms with Crippen molar-refractivity contribution in [2.45, 2.75) is 25.9 Å². The molecule has 0 spiro atoms. The Labute approximate surface area is 94.4 Å². The first-order chi connectivity index (χ1) is 7.41. The van der Waals surface area contributed by atoms with Crippen LogP contribution in [0.25, 0.3) is 0 Å². The monoisotopic (exact) mass is 227 g/mol. The molecular formula is C11H17NO4. The van der Waals surface area contributed by atoms with E-state index in [4.69, 9.17) is 9.84 Å². The lowest BCUT2D eigenvalue weighted by Gasteiger charge is -2.38. The average Bonchev–Trinajstić information content (AvgIpc) is 2.94. The number of nitrogens with zero attached hydrogens (tertiary/aromatic N) is 1. The molecule has 0 bridgehead atoms. The summed E-state index contributed by atoms with van der Waals surface area (Å²) in [5.74, 6) is -1.64. The third-order valence-corrected chi connectivity index (χ3v) is 3.16. The number of ether oxygens (including phenoxy) is 1. The maximum Gasteiger partial charge on any atom is 0.307 e. The molecule has 1 amide bonds. The van der Waals surface area contributed by atoms with Gasteiger partial charge in [0.05, 0.1) is 24.0 Å². The zero-order chi connectivity index (χ0) is 11.9. The third-order valence-electron chi connectivity index (χ3n) is 3.16.